The molecule has 1 aromatic heterocycles. The molecule has 0 spiro atoms. The van der Waals surface area contributed by atoms with E-state index in [0.717, 1.165) is 25.0 Å². The Morgan fingerprint density at radius 2 is 1.96 bits per heavy atom. The summed E-state index contributed by atoms with van der Waals surface area (Å²) < 4.78 is 39.1. The minimum atomic E-state index is -4.40. The number of pyridine rings is 1. The first-order valence-corrected chi connectivity index (χ1v) is 8.08. The summed E-state index contributed by atoms with van der Waals surface area (Å²) in [5, 5.41) is 0. The Bertz CT molecular complexity index is 670. The van der Waals surface area contributed by atoms with Crippen molar-refractivity contribution in [3.63, 3.8) is 0 Å². The molecule has 1 atom stereocenters. The highest BCUT2D eigenvalue weighted by Crippen LogP contribution is 2.46. The van der Waals surface area contributed by atoms with Gasteiger partial charge in [0.05, 0.1) is 16.8 Å². The minimum Gasteiger partial charge on any atom is -0.343 e. The molecule has 0 aromatic carbocycles. The summed E-state index contributed by atoms with van der Waals surface area (Å²) in [5.41, 5.74) is 0.147. The van der Waals surface area contributed by atoms with Crippen molar-refractivity contribution < 1.29 is 13.2 Å². The third-order valence-electron chi connectivity index (χ3n) is 5.27. The lowest BCUT2D eigenvalue weighted by atomic mass is 9.88. The van der Waals surface area contributed by atoms with E-state index < -0.39 is 11.7 Å². The van der Waals surface area contributed by atoms with Crippen LogP contribution in [0.4, 0.5) is 24.7 Å². The number of halogens is 3. The van der Waals surface area contributed by atoms with Crippen LogP contribution in [0.5, 0.6) is 0 Å². The maximum atomic E-state index is 13.0. The van der Waals surface area contributed by atoms with Gasteiger partial charge in [0.1, 0.15) is 0 Å². The molecule has 4 nitrogen and oxygen atoms in total. The average molecular weight is 340 g/mol. The van der Waals surface area contributed by atoms with Crippen LogP contribution in [0.3, 0.4) is 0 Å². The number of nitrogens with zero attached hydrogens (tertiary/aromatic N) is 4. The lowest BCUT2D eigenvalue weighted by Gasteiger charge is -2.56. The van der Waals surface area contributed by atoms with Gasteiger partial charge in [-0.05, 0) is 26.8 Å². The summed E-state index contributed by atoms with van der Waals surface area (Å²) in [7, 11) is 1.76. The first-order valence-electron chi connectivity index (χ1n) is 8.08. The molecule has 0 amide bonds. The lowest BCUT2D eigenvalue weighted by Crippen LogP contribution is -2.66. The van der Waals surface area contributed by atoms with Gasteiger partial charge >= 0.3 is 6.18 Å². The SMILES string of the molecule is C=C1N(C)c2cc(C(F)(F)F)cnc2N2CCN(C(C)C)C[C@@]12C. The van der Waals surface area contributed by atoms with Gasteiger partial charge in [0.2, 0.25) is 0 Å². The zero-order valence-corrected chi connectivity index (χ0v) is 14.5. The van der Waals surface area contributed by atoms with Crippen molar-refractivity contribution >= 4 is 11.5 Å². The van der Waals surface area contributed by atoms with E-state index in [2.05, 4.69) is 42.1 Å². The number of aromatic nitrogens is 1. The zero-order chi connectivity index (χ0) is 17.9. The molecular weight excluding hydrogens is 317 g/mol. The molecule has 3 heterocycles. The van der Waals surface area contributed by atoms with E-state index in [-0.39, 0.29) is 5.54 Å². The van der Waals surface area contributed by atoms with Gasteiger partial charge in [-0.15, -0.1) is 0 Å². The Balaban J connectivity index is 2.07. The van der Waals surface area contributed by atoms with Gasteiger partial charge in [-0.2, -0.15) is 13.2 Å². The molecule has 0 radical (unpaired) electrons. The number of fused-ring (bicyclic) bond motifs is 3. The van der Waals surface area contributed by atoms with Crippen LogP contribution in [0, 0.1) is 0 Å². The first-order chi connectivity index (χ1) is 11.1. The van der Waals surface area contributed by atoms with E-state index in [0.29, 0.717) is 24.1 Å². The summed E-state index contributed by atoms with van der Waals surface area (Å²) in [6.07, 6.45) is -3.47. The molecule has 0 aliphatic carbocycles. The summed E-state index contributed by atoms with van der Waals surface area (Å²) in [6, 6.07) is 1.58. The Hall–Kier alpha value is -1.76. The van der Waals surface area contributed by atoms with E-state index in [1.54, 1.807) is 11.9 Å². The van der Waals surface area contributed by atoms with Crippen LogP contribution >= 0.6 is 0 Å². The number of anilines is 2. The van der Waals surface area contributed by atoms with Crippen LogP contribution < -0.4 is 9.80 Å². The second-order valence-corrected chi connectivity index (χ2v) is 7.06. The van der Waals surface area contributed by atoms with Crippen molar-refractivity contribution in [2.24, 2.45) is 0 Å². The molecule has 0 bridgehead atoms. The summed E-state index contributed by atoms with van der Waals surface area (Å²) in [4.78, 5) is 10.4. The van der Waals surface area contributed by atoms with Crippen molar-refractivity contribution in [3.8, 4) is 0 Å². The van der Waals surface area contributed by atoms with Crippen molar-refractivity contribution in [1.29, 1.82) is 0 Å². The maximum absolute atomic E-state index is 13.0. The zero-order valence-electron chi connectivity index (χ0n) is 14.5. The number of rotatable bonds is 1. The van der Waals surface area contributed by atoms with Gasteiger partial charge < -0.3 is 9.80 Å². The maximum Gasteiger partial charge on any atom is 0.417 e. The van der Waals surface area contributed by atoms with Crippen LogP contribution in [0.2, 0.25) is 0 Å². The number of hydrogen-bond acceptors (Lipinski definition) is 4. The summed E-state index contributed by atoms with van der Waals surface area (Å²) >= 11 is 0. The fourth-order valence-electron chi connectivity index (χ4n) is 3.62. The molecule has 0 N–H and O–H groups in total. The Kier molecular flexibility index (Phi) is 3.82. The number of alkyl halides is 3. The van der Waals surface area contributed by atoms with Crippen molar-refractivity contribution in [1.82, 2.24) is 9.88 Å². The van der Waals surface area contributed by atoms with Crippen LogP contribution in [0.25, 0.3) is 0 Å². The average Bonchev–Trinajstić information content (AvgIpc) is 2.51. The molecule has 1 fully saturated rings. The normalized spacial score (nSPS) is 25.1. The monoisotopic (exact) mass is 340 g/mol. The quantitative estimate of drug-likeness (QED) is 0.782. The second-order valence-electron chi connectivity index (χ2n) is 7.06. The predicted octanol–water partition coefficient (Wildman–Crippen LogP) is 3.35. The Morgan fingerprint density at radius 1 is 1.29 bits per heavy atom. The highest BCUT2D eigenvalue weighted by atomic mass is 19.4. The molecule has 24 heavy (non-hydrogen) atoms. The summed E-state index contributed by atoms with van der Waals surface area (Å²) in [5.74, 6) is 0.601. The molecule has 1 saturated heterocycles. The minimum absolute atomic E-state index is 0.378. The van der Waals surface area contributed by atoms with Crippen molar-refractivity contribution in [2.75, 3.05) is 36.5 Å². The molecule has 2 aliphatic rings. The third-order valence-corrected chi connectivity index (χ3v) is 5.27. The Morgan fingerprint density at radius 3 is 2.54 bits per heavy atom. The summed E-state index contributed by atoms with van der Waals surface area (Å²) in [6.45, 7) is 12.9. The van der Waals surface area contributed by atoms with Gasteiger partial charge in [-0.25, -0.2) is 4.98 Å². The highest BCUT2D eigenvalue weighted by Gasteiger charge is 2.47. The molecule has 1 aromatic rings. The topological polar surface area (TPSA) is 22.6 Å². The molecular formula is C17H23F3N4. The van der Waals surface area contributed by atoms with Gasteiger partial charge in [-0.3, -0.25) is 4.90 Å². The van der Waals surface area contributed by atoms with Gasteiger partial charge in [0, 0.05) is 44.6 Å². The van der Waals surface area contributed by atoms with Crippen molar-refractivity contribution in [3.05, 3.63) is 30.1 Å². The first kappa shape index (κ1) is 17.1. The fourth-order valence-corrected chi connectivity index (χ4v) is 3.62. The molecule has 0 saturated carbocycles. The molecule has 0 unspecified atom stereocenters. The predicted molar refractivity (Wildman–Crippen MR) is 89.2 cm³/mol. The molecule has 3 rings (SSSR count). The smallest absolute Gasteiger partial charge is 0.343 e. The van der Waals surface area contributed by atoms with Crippen LogP contribution in [-0.2, 0) is 6.18 Å². The molecule has 2 aliphatic heterocycles. The molecule has 132 valence electrons. The van der Waals surface area contributed by atoms with E-state index in [1.165, 1.54) is 6.07 Å². The largest absolute Gasteiger partial charge is 0.417 e. The van der Waals surface area contributed by atoms with E-state index in [4.69, 9.17) is 0 Å². The Labute approximate surface area is 140 Å². The third kappa shape index (κ3) is 2.46. The van der Waals surface area contributed by atoms with Gasteiger partial charge in [0.15, 0.2) is 5.82 Å². The van der Waals surface area contributed by atoms with E-state index in [1.807, 2.05) is 0 Å². The van der Waals surface area contributed by atoms with E-state index >= 15 is 0 Å². The van der Waals surface area contributed by atoms with Crippen LogP contribution in [0.15, 0.2) is 24.5 Å². The standard InChI is InChI=1S/C17H23F3N4/c1-11(2)23-6-7-24-15-14(8-13(9-21-15)17(18,19)20)22(5)12(3)16(24,4)10-23/h8-9,11H,3,6-7,10H2,1-2,4-5H3/t16-/m0/s1. The van der Waals surface area contributed by atoms with Crippen molar-refractivity contribution in [2.45, 2.75) is 38.5 Å². The van der Waals surface area contributed by atoms with Gasteiger partial charge in [-0.1, -0.05) is 6.58 Å². The van der Waals surface area contributed by atoms with Crippen LogP contribution in [0.1, 0.15) is 26.3 Å². The number of likely N-dealkylation sites (N-methyl/N-ethyl adjacent to an activating group) is 1. The highest BCUT2D eigenvalue weighted by molar-refractivity contribution is 5.76. The second kappa shape index (κ2) is 5.37. The van der Waals surface area contributed by atoms with E-state index in [9.17, 15) is 13.2 Å². The van der Waals surface area contributed by atoms with Gasteiger partial charge in [0.25, 0.3) is 0 Å². The number of piperazine rings is 1. The van der Waals surface area contributed by atoms with Crippen LogP contribution in [-0.4, -0.2) is 48.1 Å². The molecule has 7 heteroatoms. The number of hydrogen-bond donors (Lipinski definition) is 0. The fraction of sp³-hybridized carbons (Fsp3) is 0.588. The lowest BCUT2D eigenvalue weighted by molar-refractivity contribution is -0.137.